The minimum absolute atomic E-state index is 0.797. The minimum atomic E-state index is 0.797. The van der Waals surface area contributed by atoms with Crippen LogP contribution in [0.25, 0.3) is 0 Å². The van der Waals surface area contributed by atoms with E-state index in [1.54, 1.807) is 6.20 Å². The lowest BCUT2D eigenvalue weighted by atomic mass is 10.2. The highest BCUT2D eigenvalue weighted by Crippen LogP contribution is 2.21. The van der Waals surface area contributed by atoms with Crippen molar-refractivity contribution >= 4 is 27.3 Å². The van der Waals surface area contributed by atoms with Crippen molar-refractivity contribution in [3.05, 3.63) is 52.8 Å². The van der Waals surface area contributed by atoms with Gasteiger partial charge in [-0.05, 0) is 52.2 Å². The van der Waals surface area contributed by atoms with E-state index in [9.17, 15) is 0 Å². The van der Waals surface area contributed by atoms with Gasteiger partial charge in [0, 0.05) is 41.3 Å². The van der Waals surface area contributed by atoms with Crippen LogP contribution in [0.4, 0.5) is 11.4 Å². The Morgan fingerprint density at radius 2 is 2.11 bits per heavy atom. The van der Waals surface area contributed by atoms with Gasteiger partial charge >= 0.3 is 0 Å². The zero-order chi connectivity index (χ0) is 13.7. The smallest absolute Gasteiger partial charge is 0.0445 e. The lowest BCUT2D eigenvalue weighted by Gasteiger charge is -2.24. The minimum Gasteiger partial charge on any atom is -0.399 e. The van der Waals surface area contributed by atoms with Crippen molar-refractivity contribution in [2.75, 3.05) is 17.2 Å². The zero-order valence-electron chi connectivity index (χ0n) is 11.0. The number of nitrogens with zero attached hydrogens (tertiary/aromatic N) is 2. The summed E-state index contributed by atoms with van der Waals surface area (Å²) in [5.74, 6) is 0. The Morgan fingerprint density at radius 1 is 1.26 bits per heavy atom. The number of halogens is 1. The monoisotopic (exact) mass is 319 g/mol. The first kappa shape index (κ1) is 13.9. The third-order valence-corrected chi connectivity index (χ3v) is 3.30. The van der Waals surface area contributed by atoms with Crippen molar-refractivity contribution in [2.45, 2.75) is 19.9 Å². The molecule has 1 heterocycles. The third-order valence-electron chi connectivity index (χ3n) is 2.86. The van der Waals surface area contributed by atoms with Gasteiger partial charge in [0.25, 0.3) is 0 Å². The first-order valence-electron chi connectivity index (χ1n) is 6.39. The fourth-order valence-corrected chi connectivity index (χ4v) is 2.47. The quantitative estimate of drug-likeness (QED) is 0.851. The molecule has 0 aliphatic heterocycles. The van der Waals surface area contributed by atoms with Gasteiger partial charge in [0.05, 0.1) is 0 Å². The molecule has 0 fully saturated rings. The molecule has 0 amide bonds. The van der Waals surface area contributed by atoms with Gasteiger partial charge in [0.1, 0.15) is 0 Å². The van der Waals surface area contributed by atoms with E-state index in [1.807, 2.05) is 24.4 Å². The van der Waals surface area contributed by atoms with E-state index in [2.05, 4.69) is 44.9 Å². The Labute approximate surface area is 122 Å². The number of aromatic nitrogens is 1. The molecule has 0 bridgehead atoms. The number of benzene rings is 1. The van der Waals surface area contributed by atoms with Gasteiger partial charge in [-0.2, -0.15) is 0 Å². The first-order chi connectivity index (χ1) is 9.19. The first-order valence-corrected chi connectivity index (χ1v) is 7.18. The zero-order valence-corrected chi connectivity index (χ0v) is 12.6. The molecule has 1 aromatic heterocycles. The maximum absolute atomic E-state index is 5.86. The largest absolute Gasteiger partial charge is 0.399 e. The molecule has 0 radical (unpaired) electrons. The molecule has 2 N–H and O–H groups in total. The van der Waals surface area contributed by atoms with Crippen molar-refractivity contribution in [3.8, 4) is 0 Å². The molecule has 0 unspecified atom stereocenters. The van der Waals surface area contributed by atoms with Crippen LogP contribution in [0, 0.1) is 0 Å². The third kappa shape index (κ3) is 3.96. The lowest BCUT2D eigenvalue weighted by Crippen LogP contribution is -2.23. The average Bonchev–Trinajstić information content (AvgIpc) is 2.38. The number of hydrogen-bond donors (Lipinski definition) is 1. The summed E-state index contributed by atoms with van der Waals surface area (Å²) in [6, 6.07) is 10.1. The van der Waals surface area contributed by atoms with Crippen LogP contribution in [0.15, 0.2) is 47.2 Å². The summed E-state index contributed by atoms with van der Waals surface area (Å²) in [6.45, 7) is 4.01. The molecular formula is C15H18BrN3. The molecule has 100 valence electrons. The Hall–Kier alpha value is -1.55. The molecule has 0 aliphatic carbocycles. The van der Waals surface area contributed by atoms with Crippen molar-refractivity contribution in [1.29, 1.82) is 0 Å². The van der Waals surface area contributed by atoms with Gasteiger partial charge in [-0.1, -0.05) is 13.0 Å². The van der Waals surface area contributed by atoms with Crippen molar-refractivity contribution < 1.29 is 0 Å². The molecule has 1 aromatic carbocycles. The van der Waals surface area contributed by atoms with Gasteiger partial charge in [-0.25, -0.2) is 0 Å². The molecule has 3 nitrogen and oxygen atoms in total. The molecule has 4 heteroatoms. The molecular weight excluding hydrogens is 302 g/mol. The second-order valence-electron chi connectivity index (χ2n) is 4.53. The molecule has 0 atom stereocenters. The van der Waals surface area contributed by atoms with E-state index in [0.717, 1.165) is 35.4 Å². The van der Waals surface area contributed by atoms with Crippen LogP contribution in [0.1, 0.15) is 18.9 Å². The van der Waals surface area contributed by atoms with E-state index in [4.69, 9.17) is 5.73 Å². The van der Waals surface area contributed by atoms with Crippen molar-refractivity contribution in [2.24, 2.45) is 0 Å². The van der Waals surface area contributed by atoms with Crippen LogP contribution >= 0.6 is 15.9 Å². The number of anilines is 2. The van der Waals surface area contributed by atoms with E-state index >= 15 is 0 Å². The van der Waals surface area contributed by atoms with Crippen molar-refractivity contribution in [3.63, 3.8) is 0 Å². The highest BCUT2D eigenvalue weighted by atomic mass is 79.9. The van der Waals surface area contributed by atoms with Gasteiger partial charge < -0.3 is 10.6 Å². The van der Waals surface area contributed by atoms with Crippen LogP contribution in [0.5, 0.6) is 0 Å². The summed E-state index contributed by atoms with van der Waals surface area (Å²) in [4.78, 5) is 6.53. The van der Waals surface area contributed by atoms with E-state index < -0.39 is 0 Å². The standard InChI is InChI=1S/C15H18BrN3/c1-2-6-19(15-5-3-4-14(17)8-15)11-12-7-13(16)10-18-9-12/h3-5,7-10H,2,6,11,17H2,1H3. The summed E-state index contributed by atoms with van der Waals surface area (Å²) in [5, 5.41) is 0. The second kappa shape index (κ2) is 6.57. The molecule has 2 aromatic rings. The molecule has 19 heavy (non-hydrogen) atoms. The fourth-order valence-electron chi connectivity index (χ4n) is 2.05. The van der Waals surface area contributed by atoms with E-state index in [1.165, 1.54) is 5.56 Å². The van der Waals surface area contributed by atoms with Crippen LogP contribution in [0.3, 0.4) is 0 Å². The van der Waals surface area contributed by atoms with Crippen LogP contribution in [-0.4, -0.2) is 11.5 Å². The number of nitrogens with two attached hydrogens (primary N) is 1. The molecule has 0 spiro atoms. The maximum atomic E-state index is 5.86. The average molecular weight is 320 g/mol. The highest BCUT2D eigenvalue weighted by Gasteiger charge is 2.07. The lowest BCUT2D eigenvalue weighted by molar-refractivity contribution is 0.765. The molecule has 0 aliphatic rings. The summed E-state index contributed by atoms with van der Waals surface area (Å²) < 4.78 is 1.01. The van der Waals surface area contributed by atoms with Gasteiger partial charge in [0.2, 0.25) is 0 Å². The second-order valence-corrected chi connectivity index (χ2v) is 5.44. The summed E-state index contributed by atoms with van der Waals surface area (Å²) in [5.41, 5.74) is 9.00. The van der Waals surface area contributed by atoms with Gasteiger partial charge in [-0.3, -0.25) is 4.98 Å². The Kier molecular flexibility index (Phi) is 4.80. The highest BCUT2D eigenvalue weighted by molar-refractivity contribution is 9.10. The predicted molar refractivity (Wildman–Crippen MR) is 84.1 cm³/mol. The van der Waals surface area contributed by atoms with Gasteiger partial charge in [-0.15, -0.1) is 0 Å². The number of nitrogen functional groups attached to an aromatic ring is 1. The summed E-state index contributed by atoms with van der Waals surface area (Å²) in [6.07, 6.45) is 4.80. The number of hydrogen-bond acceptors (Lipinski definition) is 3. The maximum Gasteiger partial charge on any atom is 0.0445 e. The topological polar surface area (TPSA) is 42.2 Å². The molecule has 0 saturated heterocycles. The fraction of sp³-hybridized carbons (Fsp3) is 0.267. The Balaban J connectivity index is 2.21. The Bertz CT molecular complexity index is 542. The van der Waals surface area contributed by atoms with Crippen LogP contribution in [-0.2, 0) is 6.54 Å². The van der Waals surface area contributed by atoms with Gasteiger partial charge in [0.15, 0.2) is 0 Å². The van der Waals surface area contributed by atoms with E-state index in [-0.39, 0.29) is 0 Å². The normalized spacial score (nSPS) is 10.4. The Morgan fingerprint density at radius 3 is 2.79 bits per heavy atom. The van der Waals surface area contributed by atoms with Crippen molar-refractivity contribution in [1.82, 2.24) is 4.98 Å². The SMILES string of the molecule is CCCN(Cc1cncc(Br)c1)c1cccc(N)c1. The van der Waals surface area contributed by atoms with Crippen LogP contribution in [0.2, 0.25) is 0 Å². The summed E-state index contributed by atoms with van der Waals surface area (Å²) in [7, 11) is 0. The summed E-state index contributed by atoms with van der Waals surface area (Å²) >= 11 is 3.46. The number of rotatable bonds is 5. The van der Waals surface area contributed by atoms with E-state index in [0.29, 0.717) is 0 Å². The molecule has 0 saturated carbocycles. The van der Waals surface area contributed by atoms with Crippen LogP contribution < -0.4 is 10.6 Å². The molecule has 2 rings (SSSR count). The predicted octanol–water partition coefficient (Wildman–Crippen LogP) is 3.84. The number of pyridine rings is 1.